The smallest absolute Gasteiger partial charge is 0.317 e. The maximum atomic E-state index is 13.3. The standard InChI is InChI=1S/C18H20F3NO/c1-12-13(11-23)9-14(10-17(2,3)4)22(12)16-8-6-5-7-15(16)18(19,20)21/h5-9,11H,10H2,1-4H3. The van der Waals surface area contributed by atoms with Crippen molar-refractivity contribution in [2.24, 2.45) is 5.41 Å². The number of halogens is 3. The van der Waals surface area contributed by atoms with Crippen LogP contribution in [0, 0.1) is 12.3 Å². The van der Waals surface area contributed by atoms with Crippen molar-refractivity contribution in [2.45, 2.75) is 40.3 Å². The lowest BCUT2D eigenvalue weighted by Crippen LogP contribution is -2.16. The van der Waals surface area contributed by atoms with Gasteiger partial charge < -0.3 is 4.57 Å². The number of aromatic nitrogens is 1. The fraction of sp³-hybridized carbons (Fsp3) is 0.389. The molecule has 2 nitrogen and oxygen atoms in total. The molecule has 0 unspecified atom stereocenters. The highest BCUT2D eigenvalue weighted by Gasteiger charge is 2.34. The summed E-state index contributed by atoms with van der Waals surface area (Å²) >= 11 is 0. The van der Waals surface area contributed by atoms with Gasteiger partial charge in [0.25, 0.3) is 0 Å². The third-order valence-corrected chi connectivity index (χ3v) is 3.65. The Kier molecular flexibility index (Phi) is 4.42. The van der Waals surface area contributed by atoms with E-state index >= 15 is 0 Å². The highest BCUT2D eigenvalue weighted by Crippen LogP contribution is 2.36. The van der Waals surface area contributed by atoms with E-state index in [0.29, 0.717) is 29.7 Å². The predicted octanol–water partition coefficient (Wildman–Crippen LogP) is 5.21. The first-order chi connectivity index (χ1) is 10.5. The SMILES string of the molecule is Cc1c(C=O)cc(CC(C)(C)C)n1-c1ccccc1C(F)(F)F. The van der Waals surface area contributed by atoms with Crippen LogP contribution in [0.15, 0.2) is 30.3 Å². The lowest BCUT2D eigenvalue weighted by atomic mass is 9.90. The summed E-state index contributed by atoms with van der Waals surface area (Å²) in [5, 5.41) is 0. The molecule has 1 aromatic heterocycles. The lowest BCUT2D eigenvalue weighted by molar-refractivity contribution is -0.137. The molecular formula is C18H20F3NO. The van der Waals surface area contributed by atoms with E-state index in [-0.39, 0.29) is 11.1 Å². The number of hydrogen-bond donors (Lipinski definition) is 0. The normalized spacial score (nSPS) is 12.5. The number of carbonyl (C=O) groups is 1. The molecule has 0 N–H and O–H groups in total. The molecule has 23 heavy (non-hydrogen) atoms. The lowest BCUT2D eigenvalue weighted by Gasteiger charge is -2.22. The van der Waals surface area contributed by atoms with Gasteiger partial charge in [0.1, 0.15) is 0 Å². The van der Waals surface area contributed by atoms with Crippen molar-refractivity contribution in [3.63, 3.8) is 0 Å². The van der Waals surface area contributed by atoms with Crippen LogP contribution in [0.1, 0.15) is 48.1 Å². The Morgan fingerprint density at radius 1 is 1.13 bits per heavy atom. The number of benzene rings is 1. The monoisotopic (exact) mass is 323 g/mol. The number of aldehydes is 1. The van der Waals surface area contributed by atoms with Gasteiger partial charge in [0, 0.05) is 17.0 Å². The van der Waals surface area contributed by atoms with Crippen LogP contribution < -0.4 is 0 Å². The third kappa shape index (κ3) is 3.66. The summed E-state index contributed by atoms with van der Waals surface area (Å²) in [6.45, 7) is 7.70. The van der Waals surface area contributed by atoms with Gasteiger partial charge in [-0.2, -0.15) is 13.2 Å². The Labute approximate surface area is 133 Å². The van der Waals surface area contributed by atoms with Crippen molar-refractivity contribution < 1.29 is 18.0 Å². The van der Waals surface area contributed by atoms with Crippen LogP contribution in [0.4, 0.5) is 13.2 Å². The van der Waals surface area contributed by atoms with Crippen LogP contribution in [-0.2, 0) is 12.6 Å². The molecule has 124 valence electrons. The summed E-state index contributed by atoms with van der Waals surface area (Å²) in [7, 11) is 0. The molecule has 0 fully saturated rings. The molecule has 0 spiro atoms. The van der Waals surface area contributed by atoms with Crippen LogP contribution in [0.2, 0.25) is 0 Å². The highest BCUT2D eigenvalue weighted by atomic mass is 19.4. The van der Waals surface area contributed by atoms with Crippen LogP contribution in [0.25, 0.3) is 5.69 Å². The minimum absolute atomic E-state index is 0.0600. The summed E-state index contributed by atoms with van der Waals surface area (Å²) in [5.74, 6) is 0. The Bertz CT molecular complexity index is 721. The molecule has 0 aliphatic heterocycles. The summed E-state index contributed by atoms with van der Waals surface area (Å²) in [4.78, 5) is 11.2. The Morgan fingerprint density at radius 3 is 2.26 bits per heavy atom. The van der Waals surface area contributed by atoms with Gasteiger partial charge in [0.15, 0.2) is 6.29 Å². The number of hydrogen-bond acceptors (Lipinski definition) is 1. The Morgan fingerprint density at radius 2 is 1.74 bits per heavy atom. The van der Waals surface area contributed by atoms with Gasteiger partial charge in [-0.1, -0.05) is 32.9 Å². The fourth-order valence-electron chi connectivity index (χ4n) is 2.73. The van der Waals surface area contributed by atoms with Crippen LogP contribution in [0.3, 0.4) is 0 Å². The largest absolute Gasteiger partial charge is 0.418 e. The predicted molar refractivity (Wildman–Crippen MR) is 84.1 cm³/mol. The maximum Gasteiger partial charge on any atom is 0.418 e. The second-order valence-electron chi connectivity index (χ2n) is 6.88. The van der Waals surface area contributed by atoms with Crippen LogP contribution in [-0.4, -0.2) is 10.9 Å². The van der Waals surface area contributed by atoms with Crippen molar-refractivity contribution in [2.75, 3.05) is 0 Å². The van der Waals surface area contributed by atoms with Crippen LogP contribution in [0.5, 0.6) is 0 Å². The Hall–Kier alpha value is -2.04. The quantitative estimate of drug-likeness (QED) is 0.711. The Balaban J connectivity index is 2.73. The van der Waals surface area contributed by atoms with Gasteiger partial charge in [-0.15, -0.1) is 0 Å². The summed E-state index contributed by atoms with van der Waals surface area (Å²) in [5.41, 5.74) is 0.887. The second kappa shape index (κ2) is 5.87. The molecule has 5 heteroatoms. The first-order valence-electron chi connectivity index (χ1n) is 7.37. The van der Waals surface area contributed by atoms with Gasteiger partial charge >= 0.3 is 6.18 Å². The molecule has 0 saturated carbocycles. The van der Waals surface area contributed by atoms with Gasteiger partial charge in [-0.05, 0) is 37.0 Å². The molecule has 1 aromatic carbocycles. The number of carbonyl (C=O) groups excluding carboxylic acids is 1. The second-order valence-corrected chi connectivity index (χ2v) is 6.88. The topological polar surface area (TPSA) is 22.0 Å². The molecule has 1 heterocycles. The number of para-hydroxylation sites is 1. The van der Waals surface area contributed by atoms with Crippen LogP contribution >= 0.6 is 0 Å². The van der Waals surface area contributed by atoms with E-state index in [0.717, 1.165) is 6.07 Å². The van der Waals surface area contributed by atoms with Gasteiger partial charge in [0.2, 0.25) is 0 Å². The zero-order valence-electron chi connectivity index (χ0n) is 13.7. The van der Waals surface area contributed by atoms with Crippen molar-refractivity contribution in [3.05, 3.63) is 52.8 Å². The van der Waals surface area contributed by atoms with Gasteiger partial charge in [-0.25, -0.2) is 0 Å². The summed E-state index contributed by atoms with van der Waals surface area (Å²) in [6, 6.07) is 7.13. The van der Waals surface area contributed by atoms with E-state index in [2.05, 4.69) is 0 Å². The van der Waals surface area contributed by atoms with Crippen molar-refractivity contribution >= 4 is 6.29 Å². The van der Waals surface area contributed by atoms with Crippen molar-refractivity contribution in [1.29, 1.82) is 0 Å². The average molecular weight is 323 g/mol. The third-order valence-electron chi connectivity index (χ3n) is 3.65. The van der Waals surface area contributed by atoms with E-state index in [1.54, 1.807) is 23.6 Å². The molecule has 2 rings (SSSR count). The maximum absolute atomic E-state index is 13.3. The molecule has 0 atom stereocenters. The number of nitrogens with zero attached hydrogens (tertiary/aromatic N) is 1. The minimum Gasteiger partial charge on any atom is -0.317 e. The number of alkyl halides is 3. The molecule has 2 aromatic rings. The molecule has 0 bridgehead atoms. The van der Waals surface area contributed by atoms with Gasteiger partial charge in [-0.3, -0.25) is 4.79 Å². The molecule has 0 aliphatic rings. The molecule has 0 aliphatic carbocycles. The van der Waals surface area contributed by atoms with Gasteiger partial charge in [0.05, 0.1) is 11.3 Å². The first kappa shape index (κ1) is 17.3. The zero-order chi connectivity index (χ0) is 17.4. The zero-order valence-corrected chi connectivity index (χ0v) is 13.7. The van der Waals surface area contributed by atoms with E-state index in [4.69, 9.17) is 0 Å². The minimum atomic E-state index is -4.45. The summed E-state index contributed by atoms with van der Waals surface area (Å²) in [6.07, 6.45) is -3.20. The molecular weight excluding hydrogens is 303 g/mol. The fourth-order valence-corrected chi connectivity index (χ4v) is 2.73. The number of rotatable bonds is 3. The van der Waals surface area contributed by atoms with E-state index in [1.807, 2.05) is 20.8 Å². The van der Waals surface area contributed by atoms with Crippen molar-refractivity contribution in [3.8, 4) is 5.69 Å². The highest BCUT2D eigenvalue weighted by molar-refractivity contribution is 5.78. The molecule has 0 saturated heterocycles. The first-order valence-corrected chi connectivity index (χ1v) is 7.37. The van der Waals surface area contributed by atoms with E-state index < -0.39 is 11.7 Å². The van der Waals surface area contributed by atoms with E-state index in [1.165, 1.54) is 12.1 Å². The average Bonchev–Trinajstić information content (AvgIpc) is 2.71. The van der Waals surface area contributed by atoms with E-state index in [9.17, 15) is 18.0 Å². The molecule has 0 radical (unpaired) electrons. The molecule has 0 amide bonds. The van der Waals surface area contributed by atoms with Crippen molar-refractivity contribution in [1.82, 2.24) is 4.57 Å². The summed E-state index contributed by atoms with van der Waals surface area (Å²) < 4.78 is 41.6.